The number of nitrogens with one attached hydrogen (secondary N) is 1. The van der Waals surface area contributed by atoms with Crippen LogP contribution in [0.2, 0.25) is 10.0 Å². The topological polar surface area (TPSA) is 46.2 Å². The molecule has 1 aliphatic rings. The molecule has 0 radical (unpaired) electrons. The molecule has 0 heterocycles. The Morgan fingerprint density at radius 3 is 1.94 bits per heavy atom. The van der Waals surface area contributed by atoms with E-state index in [-0.39, 0.29) is 35.5 Å². The standard InChI is InChI=1S/C30H31Cl2NO2/c1-20(28(22-13-17-27(32)18-14-22)19-21-7-15-26(31)16-8-21)33-30(35)25-11-9-24(10-12-25)29(34)23-5-3-2-4-6-23/h2-8,13-18,20,24-25,28H,9-12,19H2,1H3,(H,33,35). The summed E-state index contributed by atoms with van der Waals surface area (Å²) < 4.78 is 0. The number of hydrogen-bond donors (Lipinski definition) is 1. The first-order chi connectivity index (χ1) is 16.9. The lowest BCUT2D eigenvalue weighted by atomic mass is 9.78. The van der Waals surface area contributed by atoms with Crippen LogP contribution >= 0.6 is 23.2 Å². The fourth-order valence-electron chi connectivity index (χ4n) is 5.07. The molecular weight excluding hydrogens is 477 g/mol. The first kappa shape index (κ1) is 25.5. The Bertz CT molecular complexity index is 1120. The quantitative estimate of drug-likeness (QED) is 0.320. The highest BCUT2D eigenvalue weighted by Crippen LogP contribution is 2.32. The van der Waals surface area contributed by atoms with Gasteiger partial charge >= 0.3 is 0 Å². The van der Waals surface area contributed by atoms with Gasteiger partial charge in [-0.1, -0.05) is 77.8 Å². The largest absolute Gasteiger partial charge is 0.353 e. The summed E-state index contributed by atoms with van der Waals surface area (Å²) in [7, 11) is 0. The molecule has 2 unspecified atom stereocenters. The SMILES string of the molecule is CC(NC(=O)C1CCC(C(=O)c2ccccc2)CC1)C(Cc1ccc(Cl)cc1)c1ccc(Cl)cc1. The molecule has 3 aromatic carbocycles. The van der Waals surface area contributed by atoms with E-state index >= 15 is 0 Å². The summed E-state index contributed by atoms with van der Waals surface area (Å²) in [6.07, 6.45) is 3.77. The zero-order chi connectivity index (χ0) is 24.8. The van der Waals surface area contributed by atoms with E-state index in [9.17, 15) is 9.59 Å². The highest BCUT2D eigenvalue weighted by Gasteiger charge is 2.32. The number of halogens is 2. The minimum Gasteiger partial charge on any atom is -0.353 e. The first-order valence-corrected chi connectivity index (χ1v) is 13.1. The number of hydrogen-bond acceptors (Lipinski definition) is 2. The molecule has 3 nitrogen and oxygen atoms in total. The normalized spacial score (nSPS) is 19.5. The van der Waals surface area contributed by atoms with Gasteiger partial charge in [-0.2, -0.15) is 0 Å². The van der Waals surface area contributed by atoms with Gasteiger partial charge < -0.3 is 5.32 Å². The van der Waals surface area contributed by atoms with Crippen molar-refractivity contribution in [3.63, 3.8) is 0 Å². The smallest absolute Gasteiger partial charge is 0.223 e. The molecule has 1 N–H and O–H groups in total. The van der Waals surface area contributed by atoms with Crippen LogP contribution in [0.15, 0.2) is 78.9 Å². The van der Waals surface area contributed by atoms with E-state index in [1.54, 1.807) is 0 Å². The average molecular weight is 508 g/mol. The molecule has 0 saturated heterocycles. The molecule has 35 heavy (non-hydrogen) atoms. The van der Waals surface area contributed by atoms with E-state index < -0.39 is 0 Å². The molecule has 2 atom stereocenters. The number of amides is 1. The summed E-state index contributed by atoms with van der Waals surface area (Å²) in [4.78, 5) is 26.0. The molecule has 1 amide bonds. The summed E-state index contributed by atoms with van der Waals surface area (Å²) >= 11 is 12.2. The monoisotopic (exact) mass is 507 g/mol. The highest BCUT2D eigenvalue weighted by molar-refractivity contribution is 6.30. The molecule has 0 aliphatic heterocycles. The minimum atomic E-state index is -0.0666. The van der Waals surface area contributed by atoms with Crippen LogP contribution in [-0.2, 0) is 11.2 Å². The molecule has 1 aliphatic carbocycles. The maximum atomic E-state index is 13.2. The third-order valence-electron chi connectivity index (χ3n) is 7.17. The van der Waals surface area contributed by atoms with Crippen LogP contribution in [0, 0.1) is 11.8 Å². The minimum absolute atomic E-state index is 0.00518. The predicted molar refractivity (Wildman–Crippen MR) is 143 cm³/mol. The second-order valence-electron chi connectivity index (χ2n) is 9.56. The lowest BCUT2D eigenvalue weighted by molar-refractivity contribution is -0.126. The summed E-state index contributed by atoms with van der Waals surface area (Å²) in [5, 5.41) is 4.69. The van der Waals surface area contributed by atoms with Gasteiger partial charge in [-0.05, 0) is 74.4 Å². The molecule has 3 aromatic rings. The maximum absolute atomic E-state index is 13.2. The van der Waals surface area contributed by atoms with E-state index in [2.05, 4.69) is 12.2 Å². The summed E-state index contributed by atoms with van der Waals surface area (Å²) in [5.74, 6) is 0.319. The Balaban J connectivity index is 1.39. The summed E-state index contributed by atoms with van der Waals surface area (Å²) in [5.41, 5.74) is 3.06. The van der Waals surface area contributed by atoms with Gasteiger partial charge in [0.2, 0.25) is 5.91 Å². The van der Waals surface area contributed by atoms with Crippen molar-refractivity contribution in [3.8, 4) is 0 Å². The molecule has 4 rings (SSSR count). The fourth-order valence-corrected chi connectivity index (χ4v) is 5.32. The molecule has 5 heteroatoms. The molecule has 0 aromatic heterocycles. The van der Waals surface area contributed by atoms with Gasteiger partial charge in [0, 0.05) is 39.4 Å². The van der Waals surface area contributed by atoms with Crippen LogP contribution in [0.4, 0.5) is 0 Å². The van der Waals surface area contributed by atoms with Crippen molar-refractivity contribution in [1.82, 2.24) is 5.32 Å². The highest BCUT2D eigenvalue weighted by atomic mass is 35.5. The Hall–Kier alpha value is -2.62. The predicted octanol–water partition coefficient (Wildman–Crippen LogP) is 7.51. The van der Waals surface area contributed by atoms with E-state index in [4.69, 9.17) is 23.2 Å². The molecule has 1 fully saturated rings. The van der Waals surface area contributed by atoms with Crippen LogP contribution in [0.1, 0.15) is 60.0 Å². The average Bonchev–Trinajstić information content (AvgIpc) is 2.89. The first-order valence-electron chi connectivity index (χ1n) is 12.3. The Morgan fingerprint density at radius 2 is 1.34 bits per heavy atom. The number of rotatable bonds is 8. The molecule has 0 bridgehead atoms. The Morgan fingerprint density at radius 1 is 0.800 bits per heavy atom. The number of benzene rings is 3. The molecular formula is C30H31Cl2NO2. The van der Waals surface area contributed by atoms with Gasteiger partial charge in [0.15, 0.2) is 5.78 Å². The van der Waals surface area contributed by atoms with E-state index in [1.165, 1.54) is 0 Å². The summed E-state index contributed by atoms with van der Waals surface area (Å²) in [6, 6.07) is 25.1. The van der Waals surface area contributed by atoms with Crippen molar-refractivity contribution < 1.29 is 9.59 Å². The van der Waals surface area contributed by atoms with Gasteiger partial charge in [-0.15, -0.1) is 0 Å². The Kier molecular flexibility index (Phi) is 8.64. The van der Waals surface area contributed by atoms with Crippen molar-refractivity contribution in [2.75, 3.05) is 0 Å². The van der Waals surface area contributed by atoms with Crippen LogP contribution in [0.25, 0.3) is 0 Å². The maximum Gasteiger partial charge on any atom is 0.223 e. The number of ketones is 1. The van der Waals surface area contributed by atoms with Gasteiger partial charge in [0.25, 0.3) is 0 Å². The van der Waals surface area contributed by atoms with Gasteiger partial charge in [0.1, 0.15) is 0 Å². The van der Waals surface area contributed by atoms with Gasteiger partial charge in [0.05, 0.1) is 0 Å². The third kappa shape index (κ3) is 6.74. The van der Waals surface area contributed by atoms with Crippen molar-refractivity contribution in [3.05, 3.63) is 106 Å². The van der Waals surface area contributed by atoms with Crippen LogP contribution in [-0.4, -0.2) is 17.7 Å². The number of carbonyl (C=O) groups excluding carboxylic acids is 2. The molecule has 182 valence electrons. The molecule has 1 saturated carbocycles. The van der Waals surface area contributed by atoms with Gasteiger partial charge in [-0.3, -0.25) is 9.59 Å². The number of Topliss-reactive ketones (excluding diaryl/α,β-unsaturated/α-hetero) is 1. The number of carbonyl (C=O) groups is 2. The lowest BCUT2D eigenvalue weighted by Gasteiger charge is -2.30. The second kappa shape index (κ2) is 11.9. The Labute approximate surface area is 217 Å². The zero-order valence-corrected chi connectivity index (χ0v) is 21.4. The zero-order valence-electron chi connectivity index (χ0n) is 19.9. The van der Waals surface area contributed by atoms with Crippen molar-refractivity contribution >= 4 is 34.9 Å². The van der Waals surface area contributed by atoms with E-state index in [1.807, 2.05) is 78.9 Å². The summed E-state index contributed by atoms with van der Waals surface area (Å²) in [6.45, 7) is 2.07. The van der Waals surface area contributed by atoms with Crippen molar-refractivity contribution in [2.45, 2.75) is 51.0 Å². The van der Waals surface area contributed by atoms with Crippen molar-refractivity contribution in [2.24, 2.45) is 11.8 Å². The molecule has 0 spiro atoms. The van der Waals surface area contributed by atoms with E-state index in [0.717, 1.165) is 48.8 Å². The van der Waals surface area contributed by atoms with Crippen LogP contribution in [0.5, 0.6) is 0 Å². The third-order valence-corrected chi connectivity index (χ3v) is 7.67. The van der Waals surface area contributed by atoms with E-state index in [0.29, 0.717) is 10.0 Å². The fraction of sp³-hybridized carbons (Fsp3) is 0.333. The van der Waals surface area contributed by atoms with Crippen LogP contribution < -0.4 is 5.32 Å². The second-order valence-corrected chi connectivity index (χ2v) is 10.4. The van der Waals surface area contributed by atoms with Crippen LogP contribution in [0.3, 0.4) is 0 Å². The van der Waals surface area contributed by atoms with Crippen molar-refractivity contribution in [1.29, 1.82) is 0 Å². The lowest BCUT2D eigenvalue weighted by Crippen LogP contribution is -2.42. The van der Waals surface area contributed by atoms with Gasteiger partial charge in [-0.25, -0.2) is 0 Å².